The van der Waals surface area contributed by atoms with Crippen molar-refractivity contribution in [2.45, 2.75) is 25.7 Å². The largest absolute Gasteiger partial charge is 0.338 e. The summed E-state index contributed by atoms with van der Waals surface area (Å²) >= 11 is 0. The van der Waals surface area contributed by atoms with Gasteiger partial charge in [0.05, 0.1) is 5.56 Å². The molecule has 138 valence electrons. The minimum atomic E-state index is 0.0305. The zero-order valence-corrected chi connectivity index (χ0v) is 15.5. The van der Waals surface area contributed by atoms with Crippen LogP contribution >= 0.6 is 0 Å². The fourth-order valence-corrected chi connectivity index (χ4v) is 3.60. The maximum absolute atomic E-state index is 12.8. The molecule has 0 saturated carbocycles. The van der Waals surface area contributed by atoms with E-state index in [1.54, 1.807) is 24.7 Å². The molecule has 0 aliphatic carbocycles. The number of aryl methyl sites for hydroxylation is 2. The fraction of sp³-hybridized carbons (Fsp3) is 0.350. The summed E-state index contributed by atoms with van der Waals surface area (Å²) in [5.41, 5.74) is 2.43. The number of piperidine rings is 1. The smallest absolute Gasteiger partial charge is 0.255 e. The highest BCUT2D eigenvalue weighted by molar-refractivity contribution is 5.94. The Kier molecular flexibility index (Phi) is 4.66. The minimum Gasteiger partial charge on any atom is -0.338 e. The van der Waals surface area contributed by atoms with Crippen molar-refractivity contribution in [3.8, 4) is 11.5 Å². The number of hydrogen-bond acceptors (Lipinski definition) is 5. The molecule has 3 aromatic heterocycles. The van der Waals surface area contributed by atoms with Crippen molar-refractivity contribution in [2.24, 2.45) is 7.05 Å². The first-order chi connectivity index (χ1) is 13.1. The van der Waals surface area contributed by atoms with Crippen LogP contribution in [0.5, 0.6) is 0 Å². The zero-order valence-electron chi connectivity index (χ0n) is 15.5. The number of likely N-dealkylation sites (tertiary alicyclic amines) is 1. The van der Waals surface area contributed by atoms with Crippen molar-refractivity contribution in [3.63, 3.8) is 0 Å². The second-order valence-corrected chi connectivity index (χ2v) is 6.92. The lowest BCUT2D eigenvalue weighted by atomic mass is 9.93. The molecule has 1 amide bonds. The Morgan fingerprint density at radius 3 is 2.89 bits per heavy atom. The standard InChI is InChI=1S/C20H22N6O/c1-14-23-17(11-18(24-14)19-22-8-10-25(19)2)16-6-4-9-26(13-16)20(27)15-5-3-7-21-12-15/h3,5,7-8,10-12,16H,4,6,9,13H2,1-2H3/t16-/m0/s1. The van der Waals surface area contributed by atoms with E-state index in [2.05, 4.69) is 19.9 Å². The summed E-state index contributed by atoms with van der Waals surface area (Å²) in [4.78, 5) is 32.4. The van der Waals surface area contributed by atoms with Crippen LogP contribution in [0.1, 0.15) is 40.6 Å². The average Bonchev–Trinajstić information content (AvgIpc) is 3.14. The quantitative estimate of drug-likeness (QED) is 0.716. The van der Waals surface area contributed by atoms with E-state index in [-0.39, 0.29) is 11.8 Å². The predicted molar refractivity (Wildman–Crippen MR) is 101 cm³/mol. The minimum absolute atomic E-state index is 0.0305. The maximum Gasteiger partial charge on any atom is 0.255 e. The number of amides is 1. The third kappa shape index (κ3) is 3.58. The van der Waals surface area contributed by atoms with Gasteiger partial charge in [-0.1, -0.05) is 0 Å². The lowest BCUT2D eigenvalue weighted by molar-refractivity contribution is 0.0705. The van der Waals surface area contributed by atoms with Gasteiger partial charge in [-0.2, -0.15) is 0 Å². The van der Waals surface area contributed by atoms with E-state index in [0.717, 1.165) is 42.4 Å². The van der Waals surface area contributed by atoms with Gasteiger partial charge in [-0.25, -0.2) is 15.0 Å². The van der Waals surface area contributed by atoms with Gasteiger partial charge in [0.1, 0.15) is 11.5 Å². The van der Waals surface area contributed by atoms with Gasteiger partial charge < -0.3 is 9.47 Å². The highest BCUT2D eigenvalue weighted by atomic mass is 16.2. The molecule has 0 bridgehead atoms. The highest BCUT2D eigenvalue weighted by Gasteiger charge is 2.27. The third-order valence-corrected chi connectivity index (χ3v) is 4.94. The second kappa shape index (κ2) is 7.26. The molecule has 27 heavy (non-hydrogen) atoms. The molecule has 0 N–H and O–H groups in total. The molecule has 0 radical (unpaired) electrons. The first kappa shape index (κ1) is 17.3. The van der Waals surface area contributed by atoms with Gasteiger partial charge in [0, 0.05) is 56.5 Å². The summed E-state index contributed by atoms with van der Waals surface area (Å²) in [6.45, 7) is 3.32. The number of carbonyl (C=O) groups excluding carboxylic acids is 1. The molecule has 7 heteroatoms. The normalized spacial score (nSPS) is 17.1. The van der Waals surface area contributed by atoms with Crippen LogP contribution in [0.3, 0.4) is 0 Å². The molecule has 4 rings (SSSR count). The average molecular weight is 362 g/mol. The zero-order chi connectivity index (χ0) is 18.8. The van der Waals surface area contributed by atoms with Crippen LogP contribution < -0.4 is 0 Å². The van der Waals surface area contributed by atoms with E-state index >= 15 is 0 Å². The van der Waals surface area contributed by atoms with Gasteiger partial charge >= 0.3 is 0 Å². The highest BCUT2D eigenvalue weighted by Crippen LogP contribution is 2.28. The van der Waals surface area contributed by atoms with Gasteiger partial charge in [0.15, 0.2) is 5.82 Å². The summed E-state index contributed by atoms with van der Waals surface area (Å²) in [6.07, 6.45) is 8.94. The molecule has 0 unspecified atom stereocenters. The van der Waals surface area contributed by atoms with Crippen LogP contribution in [0.15, 0.2) is 43.0 Å². The lowest BCUT2D eigenvalue weighted by Crippen LogP contribution is -2.39. The molecule has 0 aromatic carbocycles. The summed E-state index contributed by atoms with van der Waals surface area (Å²) < 4.78 is 1.95. The van der Waals surface area contributed by atoms with Gasteiger partial charge in [-0.3, -0.25) is 9.78 Å². The topological polar surface area (TPSA) is 76.8 Å². The molecule has 4 heterocycles. The molecule has 1 aliphatic heterocycles. The summed E-state index contributed by atoms with van der Waals surface area (Å²) in [5.74, 6) is 1.77. The van der Waals surface area contributed by atoms with Crippen molar-refractivity contribution in [2.75, 3.05) is 13.1 Å². The number of aromatic nitrogens is 5. The van der Waals surface area contributed by atoms with E-state index < -0.39 is 0 Å². The molecule has 1 saturated heterocycles. The Hall–Kier alpha value is -3.09. The first-order valence-electron chi connectivity index (χ1n) is 9.14. The predicted octanol–water partition coefficient (Wildman–Crippen LogP) is 2.60. The van der Waals surface area contributed by atoms with Crippen LogP contribution in [0.25, 0.3) is 11.5 Å². The number of rotatable bonds is 3. The van der Waals surface area contributed by atoms with Crippen LogP contribution in [0.4, 0.5) is 0 Å². The molecular weight excluding hydrogens is 340 g/mol. The van der Waals surface area contributed by atoms with Crippen molar-refractivity contribution < 1.29 is 4.79 Å². The van der Waals surface area contributed by atoms with Crippen LogP contribution in [-0.4, -0.2) is 48.4 Å². The van der Waals surface area contributed by atoms with Crippen LogP contribution in [-0.2, 0) is 7.05 Å². The first-order valence-corrected chi connectivity index (χ1v) is 9.14. The van der Waals surface area contributed by atoms with Crippen LogP contribution in [0.2, 0.25) is 0 Å². The summed E-state index contributed by atoms with van der Waals surface area (Å²) in [6, 6.07) is 5.62. The molecule has 0 spiro atoms. The Bertz CT molecular complexity index is 952. The monoisotopic (exact) mass is 362 g/mol. The Morgan fingerprint density at radius 1 is 1.26 bits per heavy atom. The fourth-order valence-electron chi connectivity index (χ4n) is 3.60. The summed E-state index contributed by atoms with van der Waals surface area (Å²) in [5, 5.41) is 0. The second-order valence-electron chi connectivity index (χ2n) is 6.92. The van der Waals surface area contributed by atoms with E-state index in [1.807, 2.05) is 41.8 Å². The Labute approximate surface area is 158 Å². The van der Waals surface area contributed by atoms with Gasteiger partial charge in [-0.05, 0) is 38.0 Å². The number of pyridine rings is 1. The van der Waals surface area contributed by atoms with Crippen molar-refractivity contribution in [3.05, 3.63) is 60.1 Å². The lowest BCUT2D eigenvalue weighted by Gasteiger charge is -2.32. The van der Waals surface area contributed by atoms with Crippen molar-refractivity contribution in [1.29, 1.82) is 0 Å². The number of nitrogens with zero attached hydrogens (tertiary/aromatic N) is 6. The summed E-state index contributed by atoms with van der Waals surface area (Å²) in [7, 11) is 1.95. The molecule has 1 fully saturated rings. The number of carbonyl (C=O) groups is 1. The van der Waals surface area contributed by atoms with Crippen LogP contribution in [0, 0.1) is 6.92 Å². The van der Waals surface area contributed by atoms with Gasteiger partial charge in [0.25, 0.3) is 5.91 Å². The van der Waals surface area contributed by atoms with Crippen molar-refractivity contribution >= 4 is 5.91 Å². The Morgan fingerprint density at radius 2 is 2.15 bits per heavy atom. The molecule has 1 aliphatic rings. The molecular formula is C20H22N6O. The number of imidazole rings is 1. The van der Waals surface area contributed by atoms with E-state index in [9.17, 15) is 4.79 Å². The van der Waals surface area contributed by atoms with Gasteiger partial charge in [0.2, 0.25) is 0 Å². The third-order valence-electron chi connectivity index (χ3n) is 4.94. The van der Waals surface area contributed by atoms with E-state index in [4.69, 9.17) is 0 Å². The van der Waals surface area contributed by atoms with E-state index in [0.29, 0.717) is 12.1 Å². The Balaban J connectivity index is 1.59. The SMILES string of the molecule is Cc1nc(-c2nccn2C)cc([C@H]2CCCN(C(=O)c3cccnc3)C2)n1. The van der Waals surface area contributed by atoms with E-state index in [1.165, 1.54) is 0 Å². The van der Waals surface area contributed by atoms with Gasteiger partial charge in [-0.15, -0.1) is 0 Å². The number of hydrogen-bond donors (Lipinski definition) is 0. The van der Waals surface area contributed by atoms with Crippen molar-refractivity contribution in [1.82, 2.24) is 29.4 Å². The maximum atomic E-state index is 12.8. The molecule has 7 nitrogen and oxygen atoms in total. The molecule has 3 aromatic rings. The molecule has 1 atom stereocenters.